The van der Waals surface area contributed by atoms with Crippen molar-refractivity contribution in [2.75, 3.05) is 44.8 Å². The molecule has 2 aromatic carbocycles. The molecule has 1 N–H and O–H groups in total. The number of pyridine rings is 1. The van der Waals surface area contributed by atoms with Crippen molar-refractivity contribution >= 4 is 28.3 Å². The number of aryl methyl sites for hydroxylation is 1. The van der Waals surface area contributed by atoms with Crippen molar-refractivity contribution < 1.29 is 9.47 Å². The van der Waals surface area contributed by atoms with Crippen LogP contribution in [0.3, 0.4) is 0 Å². The predicted octanol–water partition coefficient (Wildman–Crippen LogP) is 5.55. The number of fused-ring (bicyclic) bond motifs is 1. The molecule has 0 unspecified atom stereocenters. The molecule has 2 fully saturated rings. The second kappa shape index (κ2) is 9.54. The average Bonchev–Trinajstić information content (AvgIpc) is 3.25. The van der Waals surface area contributed by atoms with Gasteiger partial charge in [-0.25, -0.2) is 9.97 Å². The summed E-state index contributed by atoms with van der Waals surface area (Å²) < 4.78 is 13.3. The van der Waals surface area contributed by atoms with Crippen LogP contribution in [0.5, 0.6) is 11.5 Å². The number of rotatable bonds is 6. The maximum absolute atomic E-state index is 6.66. The molecule has 0 radical (unpaired) electrons. The summed E-state index contributed by atoms with van der Waals surface area (Å²) in [6, 6.07) is 16.6. The lowest BCUT2D eigenvalue weighted by atomic mass is 9.73. The van der Waals surface area contributed by atoms with Crippen molar-refractivity contribution in [1.29, 1.82) is 0 Å². The Morgan fingerprint density at radius 1 is 0.973 bits per heavy atom. The number of hydrogen-bond acceptors (Lipinski definition) is 6. The molecule has 4 heterocycles. The Kier molecular flexibility index (Phi) is 6.21. The number of nitrogens with one attached hydrogen (secondary N) is 1. The highest BCUT2D eigenvalue weighted by Crippen LogP contribution is 2.38. The molecule has 8 heteroatoms. The maximum atomic E-state index is 6.66. The van der Waals surface area contributed by atoms with E-state index in [1.807, 2.05) is 32.2 Å². The molecule has 0 amide bonds. The van der Waals surface area contributed by atoms with Crippen LogP contribution in [0.1, 0.15) is 19.8 Å². The number of imidazole rings is 1. The van der Waals surface area contributed by atoms with Gasteiger partial charge in [0.2, 0.25) is 0 Å². The van der Waals surface area contributed by atoms with Crippen molar-refractivity contribution in [2.45, 2.75) is 19.8 Å². The molecule has 192 valence electrons. The Balaban J connectivity index is 1.28. The molecule has 2 aromatic heterocycles. The van der Waals surface area contributed by atoms with E-state index in [0.29, 0.717) is 34.2 Å². The number of aromatic nitrogens is 3. The Labute approximate surface area is 222 Å². The number of anilines is 1. The fourth-order valence-corrected chi connectivity index (χ4v) is 5.78. The lowest BCUT2D eigenvalue weighted by Crippen LogP contribution is -2.58. The van der Waals surface area contributed by atoms with E-state index in [0.717, 1.165) is 41.3 Å². The van der Waals surface area contributed by atoms with E-state index in [1.165, 1.54) is 31.6 Å². The zero-order valence-electron chi connectivity index (χ0n) is 21.6. The first-order valence-corrected chi connectivity index (χ1v) is 13.3. The molecule has 1 spiro atoms. The minimum atomic E-state index is 0.395. The molecule has 2 aliphatic rings. The first-order valence-electron chi connectivity index (χ1n) is 12.9. The molecule has 0 bridgehead atoms. The number of ether oxygens (including phenoxy) is 2. The van der Waals surface area contributed by atoms with Crippen LogP contribution in [0.25, 0.3) is 33.7 Å². The molecule has 0 atom stereocenters. The van der Waals surface area contributed by atoms with Gasteiger partial charge in [0.05, 0.1) is 24.9 Å². The van der Waals surface area contributed by atoms with Crippen LogP contribution in [-0.4, -0.2) is 54.4 Å². The van der Waals surface area contributed by atoms with Gasteiger partial charge >= 0.3 is 0 Å². The Morgan fingerprint density at radius 3 is 2.35 bits per heavy atom. The molecule has 37 heavy (non-hydrogen) atoms. The molecular formula is C29H32ClN5O2. The van der Waals surface area contributed by atoms with Gasteiger partial charge in [0.1, 0.15) is 11.3 Å². The van der Waals surface area contributed by atoms with Gasteiger partial charge in [-0.15, -0.1) is 0 Å². The summed E-state index contributed by atoms with van der Waals surface area (Å²) in [4.78, 5) is 12.0. The zero-order valence-corrected chi connectivity index (χ0v) is 22.3. The molecule has 6 rings (SSSR count). The third-order valence-corrected chi connectivity index (χ3v) is 8.16. The SMILES string of the molecule is CCOc1ccc(-c2nc3c(Cl)nc(-c4ccc(N5CCC6(CC5)CNC6)cc4)cc3n2C)cc1OC. The third-order valence-electron chi connectivity index (χ3n) is 7.90. The summed E-state index contributed by atoms with van der Waals surface area (Å²) in [5.41, 5.74) is 6.21. The maximum Gasteiger partial charge on any atom is 0.161 e. The van der Waals surface area contributed by atoms with Crippen LogP contribution < -0.4 is 19.7 Å². The van der Waals surface area contributed by atoms with Crippen LogP contribution in [-0.2, 0) is 7.05 Å². The Bertz CT molecular complexity index is 1440. The highest BCUT2D eigenvalue weighted by molar-refractivity contribution is 6.34. The largest absolute Gasteiger partial charge is 0.493 e. The molecule has 0 saturated carbocycles. The van der Waals surface area contributed by atoms with Crippen LogP contribution in [0.4, 0.5) is 5.69 Å². The number of benzene rings is 2. The van der Waals surface area contributed by atoms with Crippen molar-refractivity contribution in [3.8, 4) is 34.1 Å². The number of halogens is 1. The molecule has 2 aliphatic heterocycles. The van der Waals surface area contributed by atoms with Crippen molar-refractivity contribution in [3.05, 3.63) is 53.7 Å². The normalized spacial score (nSPS) is 16.7. The third kappa shape index (κ3) is 4.30. The van der Waals surface area contributed by atoms with Gasteiger partial charge in [0.15, 0.2) is 16.7 Å². The zero-order chi connectivity index (χ0) is 25.6. The van der Waals surface area contributed by atoms with Gasteiger partial charge < -0.3 is 24.3 Å². The minimum absolute atomic E-state index is 0.395. The quantitative estimate of drug-likeness (QED) is 0.338. The fraction of sp³-hybridized carbons (Fsp3) is 0.379. The van der Waals surface area contributed by atoms with Crippen LogP contribution >= 0.6 is 11.6 Å². The lowest BCUT2D eigenvalue weighted by Gasteiger charge is -2.49. The standard InChI is InChI=1S/C29H32ClN5O2/c1-4-37-24-10-7-20(15-25(24)36-3)28-33-26-23(34(28)2)16-22(32-27(26)30)19-5-8-21(9-6-19)35-13-11-29(12-14-35)17-31-18-29/h5-10,15-16,31H,4,11-14,17-18H2,1-3H3. The smallest absolute Gasteiger partial charge is 0.161 e. The number of methoxy groups -OCH3 is 1. The summed E-state index contributed by atoms with van der Waals surface area (Å²) in [6.07, 6.45) is 2.53. The molecule has 4 aromatic rings. The van der Waals surface area contributed by atoms with Crippen LogP contribution in [0.2, 0.25) is 5.15 Å². The van der Waals surface area contributed by atoms with Gasteiger partial charge in [-0.3, -0.25) is 0 Å². The van der Waals surface area contributed by atoms with Crippen LogP contribution in [0, 0.1) is 5.41 Å². The minimum Gasteiger partial charge on any atom is -0.493 e. The molecule has 0 aliphatic carbocycles. The summed E-state index contributed by atoms with van der Waals surface area (Å²) in [6.45, 7) is 7.11. The number of nitrogens with zero attached hydrogens (tertiary/aromatic N) is 4. The lowest BCUT2D eigenvalue weighted by molar-refractivity contribution is 0.126. The Morgan fingerprint density at radius 2 is 1.70 bits per heavy atom. The van der Waals surface area contributed by atoms with E-state index < -0.39 is 0 Å². The first-order chi connectivity index (χ1) is 18.0. The second-order valence-electron chi connectivity index (χ2n) is 10.1. The molecule has 2 saturated heterocycles. The highest BCUT2D eigenvalue weighted by atomic mass is 35.5. The average molecular weight is 518 g/mol. The monoisotopic (exact) mass is 517 g/mol. The van der Waals surface area contributed by atoms with Gasteiger partial charge in [-0.2, -0.15) is 0 Å². The summed E-state index contributed by atoms with van der Waals surface area (Å²) in [7, 11) is 3.64. The van der Waals surface area contributed by atoms with Gasteiger partial charge in [-0.05, 0) is 61.6 Å². The predicted molar refractivity (Wildman–Crippen MR) is 149 cm³/mol. The van der Waals surface area contributed by atoms with E-state index in [1.54, 1.807) is 7.11 Å². The van der Waals surface area contributed by atoms with E-state index in [-0.39, 0.29) is 0 Å². The van der Waals surface area contributed by atoms with Gasteiger partial charge in [0, 0.05) is 50.0 Å². The topological polar surface area (TPSA) is 64.4 Å². The van der Waals surface area contributed by atoms with Crippen LogP contribution in [0.15, 0.2) is 48.5 Å². The van der Waals surface area contributed by atoms with Crippen molar-refractivity contribution in [3.63, 3.8) is 0 Å². The van der Waals surface area contributed by atoms with Crippen molar-refractivity contribution in [1.82, 2.24) is 19.9 Å². The molecule has 7 nitrogen and oxygen atoms in total. The van der Waals surface area contributed by atoms with E-state index >= 15 is 0 Å². The van der Waals surface area contributed by atoms with E-state index in [2.05, 4.69) is 45.1 Å². The first kappa shape index (κ1) is 24.1. The second-order valence-corrected chi connectivity index (χ2v) is 10.5. The highest BCUT2D eigenvalue weighted by Gasteiger charge is 2.39. The summed E-state index contributed by atoms with van der Waals surface area (Å²) >= 11 is 6.66. The van der Waals surface area contributed by atoms with Gasteiger partial charge in [-0.1, -0.05) is 23.7 Å². The fourth-order valence-electron chi connectivity index (χ4n) is 5.55. The summed E-state index contributed by atoms with van der Waals surface area (Å²) in [5.74, 6) is 2.17. The number of hydrogen-bond donors (Lipinski definition) is 1. The van der Waals surface area contributed by atoms with E-state index in [9.17, 15) is 0 Å². The molecular weight excluding hydrogens is 486 g/mol. The van der Waals surface area contributed by atoms with Crippen molar-refractivity contribution in [2.24, 2.45) is 12.5 Å². The van der Waals surface area contributed by atoms with Gasteiger partial charge in [0.25, 0.3) is 0 Å². The van der Waals surface area contributed by atoms with E-state index in [4.69, 9.17) is 31.0 Å². The summed E-state index contributed by atoms with van der Waals surface area (Å²) in [5, 5.41) is 3.84. The number of piperidine rings is 1. The Hall–Kier alpha value is -3.29.